The Morgan fingerprint density at radius 2 is 1.76 bits per heavy atom. The lowest BCUT2D eigenvalue weighted by atomic mass is 9.94. The molecule has 0 spiro atoms. The van der Waals surface area contributed by atoms with E-state index in [1.165, 1.54) is 58.3 Å². The van der Waals surface area contributed by atoms with E-state index in [9.17, 15) is 0 Å². The molecule has 21 heavy (non-hydrogen) atoms. The lowest BCUT2D eigenvalue weighted by Gasteiger charge is -2.33. The number of nitrogens with one attached hydrogen (secondary N) is 1. The number of rotatable bonds is 4. The Morgan fingerprint density at radius 3 is 2.38 bits per heavy atom. The summed E-state index contributed by atoms with van der Waals surface area (Å²) < 4.78 is 0. The summed E-state index contributed by atoms with van der Waals surface area (Å²) in [6.07, 6.45) is 6.57. The van der Waals surface area contributed by atoms with E-state index in [1.807, 2.05) is 0 Å². The molecule has 0 aromatic rings. The van der Waals surface area contributed by atoms with Crippen molar-refractivity contribution >= 4 is 5.96 Å². The Labute approximate surface area is 131 Å². The van der Waals surface area contributed by atoms with Gasteiger partial charge in [0.05, 0.1) is 0 Å². The second-order valence-corrected chi connectivity index (χ2v) is 6.94. The van der Waals surface area contributed by atoms with Gasteiger partial charge in [0.25, 0.3) is 0 Å². The second kappa shape index (κ2) is 8.62. The van der Waals surface area contributed by atoms with Gasteiger partial charge in [-0.25, -0.2) is 0 Å². The van der Waals surface area contributed by atoms with E-state index < -0.39 is 0 Å². The molecule has 0 saturated carbocycles. The Bertz CT molecular complexity index is 313. The van der Waals surface area contributed by atoms with Crippen molar-refractivity contribution in [3.8, 4) is 0 Å². The highest BCUT2D eigenvalue weighted by molar-refractivity contribution is 5.80. The molecule has 2 rings (SSSR count). The first-order valence-electron chi connectivity index (χ1n) is 8.90. The third kappa shape index (κ3) is 5.50. The van der Waals surface area contributed by atoms with E-state index >= 15 is 0 Å². The first-order valence-corrected chi connectivity index (χ1v) is 8.90. The van der Waals surface area contributed by atoms with Crippen LogP contribution in [0.5, 0.6) is 0 Å². The van der Waals surface area contributed by atoms with Crippen LogP contribution in [-0.2, 0) is 0 Å². The number of aliphatic imine (C=N–C) groups is 1. The smallest absolute Gasteiger partial charge is 0.193 e. The van der Waals surface area contributed by atoms with Gasteiger partial charge < -0.3 is 15.1 Å². The van der Waals surface area contributed by atoms with Gasteiger partial charge >= 0.3 is 0 Å². The Kier molecular flexibility index (Phi) is 6.81. The maximum atomic E-state index is 4.89. The molecule has 122 valence electrons. The van der Waals surface area contributed by atoms with Crippen molar-refractivity contribution in [1.82, 2.24) is 15.1 Å². The monoisotopic (exact) mass is 294 g/mol. The molecule has 2 aliphatic rings. The minimum absolute atomic E-state index is 0.878. The lowest BCUT2D eigenvalue weighted by Crippen LogP contribution is -2.45. The topological polar surface area (TPSA) is 30.9 Å². The van der Waals surface area contributed by atoms with Crippen LogP contribution >= 0.6 is 0 Å². The molecular formula is C17H34N4. The van der Waals surface area contributed by atoms with Crippen molar-refractivity contribution in [2.45, 2.75) is 46.0 Å². The molecule has 4 heteroatoms. The number of hydrogen-bond acceptors (Lipinski definition) is 2. The number of hydrogen-bond donors (Lipinski definition) is 1. The SMILES string of the molecule is CCNC(=NCCC1CCN(C)CC1)N1CCC(C)CC1. The Morgan fingerprint density at radius 1 is 1.10 bits per heavy atom. The van der Waals surface area contributed by atoms with Gasteiger partial charge in [0, 0.05) is 26.2 Å². The van der Waals surface area contributed by atoms with Gasteiger partial charge in [-0.1, -0.05) is 6.92 Å². The van der Waals surface area contributed by atoms with Crippen LogP contribution in [0.25, 0.3) is 0 Å². The van der Waals surface area contributed by atoms with Gasteiger partial charge in [-0.15, -0.1) is 0 Å². The highest BCUT2D eigenvalue weighted by Gasteiger charge is 2.19. The van der Waals surface area contributed by atoms with Crippen molar-refractivity contribution in [2.75, 3.05) is 46.3 Å². The fraction of sp³-hybridized carbons (Fsp3) is 0.941. The first kappa shape index (κ1) is 16.6. The van der Waals surface area contributed by atoms with E-state index in [1.54, 1.807) is 0 Å². The predicted octanol–water partition coefficient (Wildman–Crippen LogP) is 2.42. The molecule has 0 aromatic carbocycles. The minimum Gasteiger partial charge on any atom is -0.357 e. The van der Waals surface area contributed by atoms with E-state index in [2.05, 4.69) is 36.0 Å². The molecule has 0 bridgehead atoms. The molecule has 2 saturated heterocycles. The van der Waals surface area contributed by atoms with Crippen molar-refractivity contribution in [3.63, 3.8) is 0 Å². The summed E-state index contributed by atoms with van der Waals surface area (Å²) in [5.41, 5.74) is 0. The molecule has 0 aliphatic carbocycles. The molecule has 0 amide bonds. The molecule has 0 atom stereocenters. The number of guanidine groups is 1. The third-order valence-corrected chi connectivity index (χ3v) is 5.06. The largest absolute Gasteiger partial charge is 0.357 e. The third-order valence-electron chi connectivity index (χ3n) is 5.06. The average molecular weight is 294 g/mol. The number of likely N-dealkylation sites (tertiary alicyclic amines) is 2. The van der Waals surface area contributed by atoms with Gasteiger partial charge in [-0.05, 0) is 71.0 Å². The molecule has 4 nitrogen and oxygen atoms in total. The molecule has 2 aliphatic heterocycles. The van der Waals surface area contributed by atoms with Crippen molar-refractivity contribution in [2.24, 2.45) is 16.8 Å². The zero-order valence-corrected chi connectivity index (χ0v) is 14.3. The van der Waals surface area contributed by atoms with Crippen LogP contribution < -0.4 is 5.32 Å². The average Bonchev–Trinajstić information content (AvgIpc) is 2.49. The summed E-state index contributed by atoms with van der Waals surface area (Å²) in [6, 6.07) is 0. The van der Waals surface area contributed by atoms with Crippen LogP contribution in [-0.4, -0.2) is 62.1 Å². The summed E-state index contributed by atoms with van der Waals surface area (Å²) >= 11 is 0. The van der Waals surface area contributed by atoms with Crippen LogP contribution in [0.2, 0.25) is 0 Å². The summed E-state index contributed by atoms with van der Waals surface area (Å²) in [4.78, 5) is 9.79. The molecule has 2 heterocycles. The molecular weight excluding hydrogens is 260 g/mol. The normalized spacial score (nSPS) is 23.6. The van der Waals surface area contributed by atoms with Crippen LogP contribution in [0.1, 0.15) is 46.0 Å². The van der Waals surface area contributed by atoms with Gasteiger partial charge in [0.1, 0.15) is 0 Å². The van der Waals surface area contributed by atoms with E-state index in [4.69, 9.17) is 4.99 Å². The Hall–Kier alpha value is -0.770. The summed E-state index contributed by atoms with van der Waals surface area (Å²) in [5.74, 6) is 2.91. The van der Waals surface area contributed by atoms with Gasteiger partial charge in [-0.2, -0.15) is 0 Å². The molecule has 1 N–H and O–H groups in total. The van der Waals surface area contributed by atoms with Crippen LogP contribution in [0, 0.1) is 11.8 Å². The van der Waals surface area contributed by atoms with Crippen molar-refractivity contribution in [1.29, 1.82) is 0 Å². The lowest BCUT2D eigenvalue weighted by molar-refractivity contribution is 0.214. The number of nitrogens with zero attached hydrogens (tertiary/aromatic N) is 3. The molecule has 0 unspecified atom stereocenters. The zero-order chi connectivity index (χ0) is 15.1. The second-order valence-electron chi connectivity index (χ2n) is 6.94. The highest BCUT2D eigenvalue weighted by Crippen LogP contribution is 2.20. The highest BCUT2D eigenvalue weighted by atomic mass is 15.3. The summed E-state index contributed by atoms with van der Waals surface area (Å²) in [5, 5.41) is 3.48. The first-order chi connectivity index (χ1) is 10.2. The van der Waals surface area contributed by atoms with Gasteiger partial charge in [-0.3, -0.25) is 4.99 Å². The molecule has 2 fully saturated rings. The molecule has 0 radical (unpaired) electrons. The van der Waals surface area contributed by atoms with E-state index in [0.717, 1.165) is 30.9 Å². The van der Waals surface area contributed by atoms with Gasteiger partial charge in [0.15, 0.2) is 5.96 Å². The minimum atomic E-state index is 0.878. The fourth-order valence-electron chi connectivity index (χ4n) is 3.35. The number of piperidine rings is 2. The maximum absolute atomic E-state index is 4.89. The summed E-state index contributed by atoms with van der Waals surface area (Å²) in [7, 11) is 2.23. The zero-order valence-electron chi connectivity index (χ0n) is 14.3. The predicted molar refractivity (Wildman–Crippen MR) is 90.8 cm³/mol. The van der Waals surface area contributed by atoms with E-state index in [0.29, 0.717) is 0 Å². The fourth-order valence-corrected chi connectivity index (χ4v) is 3.35. The maximum Gasteiger partial charge on any atom is 0.193 e. The molecule has 0 aromatic heterocycles. The quantitative estimate of drug-likeness (QED) is 0.638. The Balaban J connectivity index is 1.77. The van der Waals surface area contributed by atoms with Crippen LogP contribution in [0.4, 0.5) is 0 Å². The van der Waals surface area contributed by atoms with Crippen LogP contribution in [0.3, 0.4) is 0 Å². The van der Waals surface area contributed by atoms with Crippen LogP contribution in [0.15, 0.2) is 4.99 Å². The summed E-state index contributed by atoms with van der Waals surface area (Å²) in [6.45, 7) is 11.3. The van der Waals surface area contributed by atoms with Gasteiger partial charge in [0.2, 0.25) is 0 Å². The van der Waals surface area contributed by atoms with E-state index in [-0.39, 0.29) is 0 Å². The van der Waals surface area contributed by atoms with Crippen molar-refractivity contribution in [3.05, 3.63) is 0 Å². The standard InChI is InChI=1S/C17H34N4/c1-4-18-17(21-13-6-15(2)7-14-21)19-10-5-16-8-11-20(3)12-9-16/h15-16H,4-14H2,1-3H3,(H,18,19). The van der Waals surface area contributed by atoms with Crippen molar-refractivity contribution < 1.29 is 0 Å².